The monoisotopic (exact) mass is 305 g/mol. The van der Waals surface area contributed by atoms with Gasteiger partial charge in [-0.2, -0.15) is 8.78 Å². The molecule has 1 rings (SSSR count). The minimum atomic E-state index is -2.23. The predicted molar refractivity (Wildman–Crippen MR) is 45.0 cm³/mol. The Morgan fingerprint density at radius 1 is 1.08 bits per heavy atom. The third kappa shape index (κ3) is 3.31. The molecular weight excluding hydrogens is 287 g/mol. The summed E-state index contributed by atoms with van der Waals surface area (Å²) in [6, 6.07) is 0.179. The maximum absolute atomic E-state index is 12.6. The van der Waals surface area contributed by atoms with Crippen LogP contribution in [-0.2, 0) is 0 Å². The van der Waals surface area contributed by atoms with Gasteiger partial charge in [0.15, 0.2) is 0 Å². The van der Waals surface area contributed by atoms with Crippen LogP contribution in [0.5, 0.6) is 0 Å². The van der Waals surface area contributed by atoms with E-state index in [0.29, 0.717) is 0 Å². The Morgan fingerprint density at radius 2 is 1.54 bits per heavy atom. The zero-order chi connectivity index (χ0) is 9.19. The molecule has 0 aromatic rings. The van der Waals surface area contributed by atoms with Gasteiger partial charge in [0, 0.05) is 0 Å². The van der Waals surface area contributed by atoms with Crippen molar-refractivity contribution in [2.45, 2.75) is 44.7 Å². The van der Waals surface area contributed by atoms with Crippen LogP contribution >= 0.6 is 0 Å². The van der Waals surface area contributed by atoms with Gasteiger partial charge in [-0.15, -0.1) is 0 Å². The molecule has 0 aliphatic heterocycles. The van der Waals surface area contributed by atoms with Gasteiger partial charge in [-0.25, -0.2) is 0 Å². The summed E-state index contributed by atoms with van der Waals surface area (Å²) in [6.45, 7) is -2.23. The minimum absolute atomic E-state index is 0. The minimum Gasteiger partial charge on any atom is -1.00 e. The van der Waals surface area contributed by atoms with Gasteiger partial charge >= 0.3 is 6.55 Å². The van der Waals surface area contributed by atoms with E-state index in [1.165, 1.54) is 6.42 Å². The first-order valence-corrected chi connectivity index (χ1v) is 4.66. The van der Waals surface area contributed by atoms with Crippen LogP contribution in [0.1, 0.15) is 32.1 Å². The molecule has 0 spiro atoms. The lowest BCUT2D eigenvalue weighted by molar-refractivity contribution is -0.968. The Morgan fingerprint density at radius 3 is 1.92 bits per heavy atom. The highest BCUT2D eigenvalue weighted by Crippen LogP contribution is 2.28. The lowest BCUT2D eigenvalue weighted by Crippen LogP contribution is -3.00. The largest absolute Gasteiger partial charge is 1.00 e. The molecule has 0 aromatic heterocycles. The summed E-state index contributed by atoms with van der Waals surface area (Å²) in [7, 11) is 3.28. The van der Waals surface area contributed by atoms with E-state index < -0.39 is 6.55 Å². The highest BCUT2D eigenvalue weighted by Gasteiger charge is 2.36. The summed E-state index contributed by atoms with van der Waals surface area (Å²) < 4.78 is 25.0. The second kappa shape index (κ2) is 5.44. The van der Waals surface area contributed by atoms with Crippen molar-refractivity contribution in [3.8, 4) is 0 Å². The summed E-state index contributed by atoms with van der Waals surface area (Å²) >= 11 is 0. The van der Waals surface area contributed by atoms with Crippen molar-refractivity contribution in [1.29, 1.82) is 0 Å². The molecule has 1 aliphatic rings. The predicted octanol–water partition coefficient (Wildman–Crippen LogP) is -0.378. The van der Waals surface area contributed by atoms with E-state index in [2.05, 4.69) is 0 Å². The molecule has 0 unspecified atom stereocenters. The van der Waals surface area contributed by atoms with Crippen LogP contribution in [0, 0.1) is 0 Å². The third-order valence-corrected chi connectivity index (χ3v) is 3.02. The molecule has 0 N–H and O–H groups in total. The van der Waals surface area contributed by atoms with E-state index in [1.807, 2.05) is 0 Å². The standard InChI is InChI=1S/C9H18F2N.HI/c1-12(2,9(10)11)8-6-4-3-5-7-8;/h8-9H,3-7H2,1-2H3;1H/q+1;/p-1. The quantitative estimate of drug-likeness (QED) is 0.371. The van der Waals surface area contributed by atoms with Crippen LogP contribution < -0.4 is 24.0 Å². The van der Waals surface area contributed by atoms with Gasteiger partial charge in [-0.3, -0.25) is 4.48 Å². The van der Waals surface area contributed by atoms with Crippen molar-refractivity contribution >= 4 is 0 Å². The normalized spacial score (nSPS) is 20.1. The van der Waals surface area contributed by atoms with Crippen molar-refractivity contribution in [3.05, 3.63) is 0 Å². The van der Waals surface area contributed by atoms with Crippen LogP contribution in [0.25, 0.3) is 0 Å². The fourth-order valence-electron chi connectivity index (χ4n) is 1.91. The van der Waals surface area contributed by atoms with Gasteiger partial charge < -0.3 is 24.0 Å². The highest BCUT2D eigenvalue weighted by atomic mass is 127. The van der Waals surface area contributed by atoms with Crippen LogP contribution in [0.3, 0.4) is 0 Å². The van der Waals surface area contributed by atoms with Crippen LogP contribution in [-0.4, -0.2) is 31.2 Å². The molecule has 1 nitrogen and oxygen atoms in total. The molecule has 0 atom stereocenters. The van der Waals surface area contributed by atoms with E-state index >= 15 is 0 Å². The molecule has 1 fully saturated rings. The average molecular weight is 305 g/mol. The Hall–Kier alpha value is 0.550. The van der Waals surface area contributed by atoms with Gasteiger partial charge in [0.05, 0.1) is 20.1 Å². The van der Waals surface area contributed by atoms with Gasteiger partial charge in [-0.1, -0.05) is 6.42 Å². The summed E-state index contributed by atoms with van der Waals surface area (Å²) in [4.78, 5) is 0. The van der Waals surface area contributed by atoms with E-state index in [4.69, 9.17) is 0 Å². The second-order valence-electron chi connectivity index (χ2n) is 4.20. The molecule has 0 heterocycles. The Labute approximate surface area is 96.1 Å². The van der Waals surface area contributed by atoms with Crippen LogP contribution in [0.15, 0.2) is 0 Å². The molecule has 0 amide bonds. The molecular formula is C9H18F2IN. The maximum Gasteiger partial charge on any atom is 0.380 e. The molecule has 4 heteroatoms. The molecule has 1 aliphatic carbocycles. The SMILES string of the molecule is C[N+](C)(C(F)F)C1CCCCC1.[I-]. The van der Waals surface area contributed by atoms with E-state index in [1.54, 1.807) is 14.1 Å². The summed E-state index contributed by atoms with van der Waals surface area (Å²) in [5.74, 6) is 0. The Kier molecular flexibility index (Phi) is 5.67. The topological polar surface area (TPSA) is 0 Å². The number of rotatable bonds is 2. The highest BCUT2D eigenvalue weighted by molar-refractivity contribution is 4.65. The maximum atomic E-state index is 12.6. The number of hydrogen-bond acceptors (Lipinski definition) is 0. The van der Waals surface area contributed by atoms with Crippen molar-refractivity contribution in [3.63, 3.8) is 0 Å². The van der Waals surface area contributed by atoms with Crippen molar-refractivity contribution in [1.82, 2.24) is 0 Å². The lowest BCUT2D eigenvalue weighted by Gasteiger charge is -2.38. The Bertz CT molecular complexity index is 145. The fraction of sp³-hybridized carbons (Fsp3) is 1.00. The smallest absolute Gasteiger partial charge is 0.380 e. The number of hydrogen-bond donors (Lipinski definition) is 0. The van der Waals surface area contributed by atoms with Gasteiger partial charge in [0.1, 0.15) is 0 Å². The summed E-state index contributed by atoms with van der Waals surface area (Å²) in [5.41, 5.74) is 0. The number of halogens is 3. The Balaban J connectivity index is 0.00000144. The van der Waals surface area contributed by atoms with Gasteiger partial charge in [0.2, 0.25) is 0 Å². The van der Waals surface area contributed by atoms with E-state index in [0.717, 1.165) is 25.7 Å². The molecule has 80 valence electrons. The van der Waals surface area contributed by atoms with E-state index in [9.17, 15) is 8.78 Å². The van der Waals surface area contributed by atoms with Crippen LogP contribution in [0.4, 0.5) is 8.78 Å². The number of nitrogens with zero attached hydrogens (tertiary/aromatic N) is 1. The first-order valence-electron chi connectivity index (χ1n) is 4.66. The number of quaternary nitrogens is 1. The average Bonchev–Trinajstić information content (AvgIpc) is 2.06. The first kappa shape index (κ1) is 13.5. The van der Waals surface area contributed by atoms with Crippen molar-refractivity contribution in [2.24, 2.45) is 0 Å². The molecule has 13 heavy (non-hydrogen) atoms. The molecule has 0 saturated heterocycles. The lowest BCUT2D eigenvalue weighted by atomic mass is 9.93. The van der Waals surface area contributed by atoms with Gasteiger partial charge in [-0.05, 0) is 25.7 Å². The second-order valence-corrected chi connectivity index (χ2v) is 4.20. The molecule has 0 aromatic carbocycles. The molecule has 1 saturated carbocycles. The third-order valence-electron chi connectivity index (χ3n) is 3.02. The number of alkyl halides is 2. The van der Waals surface area contributed by atoms with Crippen molar-refractivity contribution < 1.29 is 37.2 Å². The zero-order valence-electron chi connectivity index (χ0n) is 8.27. The van der Waals surface area contributed by atoms with E-state index in [-0.39, 0.29) is 34.5 Å². The van der Waals surface area contributed by atoms with Crippen LogP contribution in [0.2, 0.25) is 0 Å². The summed E-state index contributed by atoms with van der Waals surface area (Å²) in [6.07, 6.45) is 5.41. The summed E-state index contributed by atoms with van der Waals surface area (Å²) in [5, 5.41) is 0. The van der Waals surface area contributed by atoms with Gasteiger partial charge in [0.25, 0.3) is 0 Å². The first-order chi connectivity index (χ1) is 5.55. The molecule has 0 bridgehead atoms. The fourth-order valence-corrected chi connectivity index (χ4v) is 1.91. The van der Waals surface area contributed by atoms with Crippen molar-refractivity contribution in [2.75, 3.05) is 14.1 Å². The molecule has 0 radical (unpaired) electrons. The zero-order valence-corrected chi connectivity index (χ0v) is 10.4.